The Labute approximate surface area is 398 Å². The molecular formula is C37H50N10O24. The minimum absolute atomic E-state index is 0.0799. The van der Waals surface area contributed by atoms with Crippen LogP contribution in [0.5, 0.6) is 0 Å². The average molecular weight is 1020 g/mol. The first-order valence-corrected chi connectivity index (χ1v) is 20.5. The summed E-state index contributed by atoms with van der Waals surface area (Å²) in [6.45, 7) is -5.58. The van der Waals surface area contributed by atoms with E-state index < -0.39 is 156 Å². The Morgan fingerprint density at radius 2 is 0.944 bits per heavy atom. The normalized spacial score (nSPS) is 12.0. The van der Waals surface area contributed by atoms with Crippen molar-refractivity contribution in [2.75, 3.05) is 39.3 Å². The number of urea groups is 1. The Morgan fingerprint density at radius 1 is 0.535 bits per heavy atom. The number of ether oxygens (including phenoxy) is 4. The predicted molar refractivity (Wildman–Crippen MR) is 222 cm³/mol. The number of aliphatic carboxylic acids is 4. The topological polar surface area (TPSA) is 485 Å². The zero-order chi connectivity index (χ0) is 53.2. The molecule has 3 atom stereocenters. The van der Waals surface area contributed by atoms with Crippen molar-refractivity contribution in [3.8, 4) is 0 Å². The van der Waals surface area contributed by atoms with Gasteiger partial charge in [-0.1, -0.05) is 0 Å². The van der Waals surface area contributed by atoms with Gasteiger partial charge in [0.15, 0.2) is 18.7 Å². The maximum Gasteiger partial charge on any atom is 0.507 e. The number of hydrogen-bond acceptors (Lipinski definition) is 19. The van der Waals surface area contributed by atoms with Gasteiger partial charge in [0.05, 0.1) is 13.1 Å². The highest BCUT2D eigenvalue weighted by Gasteiger charge is 2.26. The van der Waals surface area contributed by atoms with Crippen LogP contribution < -0.4 is 16.0 Å². The molecule has 0 aromatic carbocycles. The molecule has 11 N–H and O–H groups in total. The maximum absolute atomic E-state index is 13.1. The van der Waals surface area contributed by atoms with E-state index in [1.807, 2.05) is 10.6 Å². The Balaban J connectivity index is 2.25. The number of hydrogen-bond donors (Lipinski definition) is 11. The van der Waals surface area contributed by atoms with Gasteiger partial charge < -0.3 is 94.7 Å². The molecule has 5 amide bonds. The summed E-state index contributed by atoms with van der Waals surface area (Å²) in [5.41, 5.74) is 0. The molecule has 392 valence electrons. The standard InChI is InChI=1S/C37H50N10O24/c48-23(4-5-25(70-36(64)65)41-33(59)42-26(71-37(66)67)6-12-68-34(60)61)40-24(69-35(62)63)3-1-2-9-43(13-21-38-7-10-44(21)15-27(49)46(17-29(51)52)18-30(53)54)14-22-39-8-11-45(22)16-28(50)47(19-31(55)56)20-32(57)58/h7-8,10-11,24-26H,1-6,9,12-20H2,(H,40,48)(H,51,52)(H,53,54)(H,55,56)(H,57,58)(H,60,61)(H,62,63)(H,64,65)(H,66,67)(H2,41,42,59)/t24-,25-,26-/m0/s1. The Hall–Kier alpha value is -8.98. The highest BCUT2D eigenvalue weighted by molar-refractivity contribution is 5.86. The summed E-state index contributed by atoms with van der Waals surface area (Å²) in [4.78, 5) is 153. The number of carboxylic acid groups (broad SMARTS) is 8. The summed E-state index contributed by atoms with van der Waals surface area (Å²) in [6, 6.07) is -1.29. The summed E-state index contributed by atoms with van der Waals surface area (Å²) in [5.74, 6) is -8.25. The van der Waals surface area contributed by atoms with Crippen LogP contribution >= 0.6 is 0 Å². The van der Waals surface area contributed by atoms with Gasteiger partial charge in [-0.3, -0.25) is 38.5 Å². The fourth-order valence-electron chi connectivity index (χ4n) is 6.11. The number of carboxylic acids is 4. The largest absolute Gasteiger partial charge is 0.507 e. The van der Waals surface area contributed by atoms with E-state index in [1.54, 1.807) is 4.90 Å². The maximum atomic E-state index is 13.1. The lowest BCUT2D eigenvalue weighted by atomic mass is 10.2. The zero-order valence-electron chi connectivity index (χ0n) is 37.1. The number of carbonyl (C=O) groups excluding carboxylic acids is 4. The third kappa shape index (κ3) is 24.6. The Kier molecular flexibility index (Phi) is 24.3. The van der Waals surface area contributed by atoms with Crippen LogP contribution in [0.25, 0.3) is 0 Å². The van der Waals surface area contributed by atoms with Gasteiger partial charge in [-0.05, 0) is 19.4 Å². The number of rotatable bonds is 33. The van der Waals surface area contributed by atoms with E-state index in [1.165, 1.54) is 33.9 Å². The third-order valence-corrected chi connectivity index (χ3v) is 9.02. The molecule has 0 spiro atoms. The summed E-state index contributed by atoms with van der Waals surface area (Å²) in [7, 11) is 0. The molecule has 34 heteroatoms. The second kappa shape index (κ2) is 29.7. The molecule has 0 saturated carbocycles. The van der Waals surface area contributed by atoms with Crippen LogP contribution in [0, 0.1) is 0 Å². The molecule has 0 aliphatic heterocycles. The van der Waals surface area contributed by atoms with Crippen molar-refractivity contribution in [3.63, 3.8) is 0 Å². The van der Waals surface area contributed by atoms with Crippen LogP contribution in [-0.4, -0.2) is 205 Å². The minimum Gasteiger partial charge on any atom is -0.480 e. The molecule has 0 aliphatic rings. The van der Waals surface area contributed by atoms with Crippen molar-refractivity contribution in [2.45, 2.75) is 83.4 Å². The number of aromatic nitrogens is 4. The number of imidazole rings is 2. The SMILES string of the molecule is O=C(O)CN(CC(=O)O)C(=O)Cn1ccnc1CN(CCCC[C@@H](NC(=O)CC[C@@H](NC(=O)N[C@H](CCOC(=O)O)OC(=O)O)OC(=O)O)OC(=O)O)Cc1nccn1CC(=O)N(CC(=O)O)CC(=O)O. The molecule has 2 aromatic heterocycles. The number of amides is 5. The first kappa shape index (κ1) is 58.1. The third-order valence-electron chi connectivity index (χ3n) is 9.02. The molecule has 2 rings (SSSR count). The van der Waals surface area contributed by atoms with Gasteiger partial charge >= 0.3 is 54.5 Å². The van der Waals surface area contributed by atoms with E-state index in [0.717, 1.165) is 0 Å². The van der Waals surface area contributed by atoms with Crippen LogP contribution in [0.2, 0.25) is 0 Å². The van der Waals surface area contributed by atoms with E-state index >= 15 is 0 Å². The molecule has 2 heterocycles. The second-order valence-corrected chi connectivity index (χ2v) is 14.5. The number of carbonyl (C=O) groups is 12. The lowest BCUT2D eigenvalue weighted by Gasteiger charge is -2.25. The van der Waals surface area contributed by atoms with E-state index in [2.05, 4.69) is 29.5 Å². The highest BCUT2D eigenvalue weighted by atomic mass is 16.7. The summed E-state index contributed by atoms with van der Waals surface area (Å²) >= 11 is 0. The van der Waals surface area contributed by atoms with Crippen LogP contribution in [0.1, 0.15) is 50.2 Å². The minimum atomic E-state index is -1.92. The van der Waals surface area contributed by atoms with E-state index in [0.29, 0.717) is 9.80 Å². The molecule has 0 saturated heterocycles. The van der Waals surface area contributed by atoms with Gasteiger partial charge in [-0.15, -0.1) is 0 Å². The van der Waals surface area contributed by atoms with E-state index in [9.17, 15) is 83.1 Å². The monoisotopic (exact) mass is 1020 g/mol. The van der Waals surface area contributed by atoms with Crippen molar-refractivity contribution in [1.29, 1.82) is 0 Å². The summed E-state index contributed by atoms with van der Waals surface area (Å²) in [6.07, 6.45) is -8.63. The molecule has 0 aliphatic carbocycles. The predicted octanol–water partition coefficient (Wildman–Crippen LogP) is -1.41. The molecule has 0 bridgehead atoms. The van der Waals surface area contributed by atoms with Crippen LogP contribution in [-0.2, 0) is 78.7 Å². The number of nitrogens with one attached hydrogen (secondary N) is 3. The lowest BCUT2D eigenvalue weighted by molar-refractivity contribution is -0.150. The number of nitrogens with zero attached hydrogens (tertiary/aromatic N) is 7. The Bertz CT molecular complexity index is 2090. The second-order valence-electron chi connectivity index (χ2n) is 14.5. The van der Waals surface area contributed by atoms with Crippen molar-refractivity contribution in [3.05, 3.63) is 36.4 Å². The molecular weight excluding hydrogens is 968 g/mol. The van der Waals surface area contributed by atoms with Crippen molar-refractivity contribution >= 4 is 72.3 Å². The van der Waals surface area contributed by atoms with Crippen molar-refractivity contribution < 1.29 is 117 Å². The highest BCUT2D eigenvalue weighted by Crippen LogP contribution is 2.14. The van der Waals surface area contributed by atoms with Crippen molar-refractivity contribution in [2.24, 2.45) is 0 Å². The van der Waals surface area contributed by atoms with Gasteiger partial charge in [-0.25, -0.2) is 33.9 Å². The van der Waals surface area contributed by atoms with E-state index in [4.69, 9.17) is 20.1 Å². The lowest BCUT2D eigenvalue weighted by Crippen LogP contribution is -2.49. The van der Waals surface area contributed by atoms with Gasteiger partial charge in [-0.2, -0.15) is 0 Å². The van der Waals surface area contributed by atoms with Crippen LogP contribution in [0.15, 0.2) is 24.8 Å². The Morgan fingerprint density at radius 3 is 1.34 bits per heavy atom. The fraction of sp³-hybridized carbons (Fsp3) is 0.514. The first-order valence-electron chi connectivity index (χ1n) is 20.5. The van der Waals surface area contributed by atoms with Gasteiger partial charge in [0.2, 0.25) is 17.7 Å². The smallest absolute Gasteiger partial charge is 0.480 e. The molecule has 0 fully saturated rings. The van der Waals surface area contributed by atoms with Crippen molar-refractivity contribution in [1.82, 2.24) is 49.8 Å². The van der Waals surface area contributed by atoms with Crippen LogP contribution in [0.3, 0.4) is 0 Å². The molecule has 0 unspecified atom stereocenters. The van der Waals surface area contributed by atoms with E-state index in [-0.39, 0.29) is 50.5 Å². The van der Waals surface area contributed by atoms with Gasteiger partial charge in [0, 0.05) is 50.5 Å². The van der Waals surface area contributed by atoms with Gasteiger partial charge in [0.25, 0.3) is 0 Å². The number of unbranched alkanes of at least 4 members (excludes halogenated alkanes) is 1. The van der Waals surface area contributed by atoms with Gasteiger partial charge in [0.1, 0.15) is 57.5 Å². The molecule has 34 nitrogen and oxygen atoms in total. The molecule has 71 heavy (non-hydrogen) atoms. The summed E-state index contributed by atoms with van der Waals surface area (Å²) < 4.78 is 20.6. The quantitative estimate of drug-likeness (QED) is 0.0169. The average Bonchev–Trinajstić information content (AvgIpc) is 3.87. The first-order chi connectivity index (χ1) is 33.4. The zero-order valence-corrected chi connectivity index (χ0v) is 37.1. The molecule has 2 aromatic rings. The summed E-state index contributed by atoms with van der Waals surface area (Å²) in [5, 5.41) is 79.2. The fourth-order valence-corrected chi connectivity index (χ4v) is 6.11. The molecule has 0 radical (unpaired) electrons. The van der Waals surface area contributed by atoms with Crippen LogP contribution in [0.4, 0.5) is 24.0 Å².